The minimum atomic E-state index is 0.175. The molecule has 7 nitrogen and oxygen atoms in total. The summed E-state index contributed by atoms with van der Waals surface area (Å²) in [4.78, 5) is 34.1. The van der Waals surface area contributed by atoms with Crippen molar-refractivity contribution in [2.45, 2.75) is 39.5 Å². The molecule has 0 spiro atoms. The van der Waals surface area contributed by atoms with Crippen molar-refractivity contribution >= 4 is 28.6 Å². The van der Waals surface area contributed by atoms with Gasteiger partial charge in [0.05, 0.1) is 17.0 Å². The first-order valence-electron chi connectivity index (χ1n) is 10.8. The van der Waals surface area contributed by atoms with Crippen LogP contribution >= 0.6 is 0 Å². The monoisotopic (exact) mass is 404 g/mol. The number of imidazole rings is 1. The molecule has 2 saturated heterocycles. The van der Waals surface area contributed by atoms with Gasteiger partial charge in [-0.25, -0.2) is 15.0 Å². The average Bonchev–Trinajstić information content (AvgIpc) is 3.22. The van der Waals surface area contributed by atoms with Crippen LogP contribution in [0.25, 0.3) is 11.0 Å². The molecule has 1 unspecified atom stereocenters. The summed E-state index contributed by atoms with van der Waals surface area (Å²) in [6.45, 7) is 8.80. The van der Waals surface area contributed by atoms with Gasteiger partial charge in [-0.1, -0.05) is 26.0 Å². The quantitative estimate of drug-likeness (QED) is 0.702. The molecule has 2 aromatic heterocycles. The van der Waals surface area contributed by atoms with E-state index in [1.165, 1.54) is 0 Å². The van der Waals surface area contributed by atoms with Crippen LogP contribution < -0.4 is 9.80 Å². The van der Waals surface area contributed by atoms with Crippen LogP contribution in [0.5, 0.6) is 0 Å². The van der Waals surface area contributed by atoms with Gasteiger partial charge in [-0.15, -0.1) is 0 Å². The molecular weight excluding hydrogens is 376 g/mol. The van der Waals surface area contributed by atoms with Crippen molar-refractivity contribution in [3.05, 3.63) is 42.0 Å². The van der Waals surface area contributed by atoms with Crippen LogP contribution in [0, 0.1) is 18.8 Å². The predicted molar refractivity (Wildman–Crippen MR) is 118 cm³/mol. The van der Waals surface area contributed by atoms with Crippen molar-refractivity contribution in [3.63, 3.8) is 0 Å². The van der Waals surface area contributed by atoms with Crippen LogP contribution in [0.3, 0.4) is 0 Å². The van der Waals surface area contributed by atoms with Crippen LogP contribution in [0.1, 0.15) is 44.3 Å². The van der Waals surface area contributed by atoms with Crippen LogP contribution in [-0.2, 0) is 4.79 Å². The molecule has 0 radical (unpaired) electrons. The molecule has 1 atom stereocenters. The fourth-order valence-electron chi connectivity index (χ4n) is 4.67. The number of anilines is 2. The second kappa shape index (κ2) is 7.38. The topological polar surface area (TPSA) is 78.0 Å². The van der Waals surface area contributed by atoms with Crippen LogP contribution in [0.2, 0.25) is 0 Å². The fraction of sp³-hybridized carbons (Fsp3) is 0.478. The van der Waals surface area contributed by atoms with Crippen molar-refractivity contribution < 1.29 is 4.79 Å². The van der Waals surface area contributed by atoms with Gasteiger partial charge >= 0.3 is 0 Å². The molecule has 2 aliphatic heterocycles. The number of aromatic amines is 1. The number of carbonyl (C=O) groups is 1. The minimum absolute atomic E-state index is 0.175. The number of rotatable bonds is 5. The van der Waals surface area contributed by atoms with Gasteiger partial charge in [0.1, 0.15) is 23.3 Å². The molecule has 0 saturated carbocycles. The number of para-hydroxylation sites is 2. The lowest BCUT2D eigenvalue weighted by atomic mass is 9.96. The van der Waals surface area contributed by atoms with Crippen molar-refractivity contribution in [2.75, 3.05) is 29.4 Å². The first kappa shape index (κ1) is 19.0. The van der Waals surface area contributed by atoms with Crippen molar-refractivity contribution in [2.24, 2.45) is 11.8 Å². The summed E-state index contributed by atoms with van der Waals surface area (Å²) in [6.07, 6.45) is 1.69. The molecule has 2 aliphatic rings. The number of nitrogens with zero attached hydrogens (tertiary/aromatic N) is 5. The standard InChI is InChI=1S/C23H28N6O/c1-14(2)8-16-9-22(30)29(11-16)21-10-20(24-15(3)25-21)28-12-17(13-28)23-26-18-6-4-5-7-19(18)27-23/h4-7,10,14,16-17H,8-9,11-13H2,1-3H3,(H,26,27). The highest BCUT2D eigenvalue weighted by molar-refractivity contribution is 5.95. The maximum absolute atomic E-state index is 12.6. The van der Waals surface area contributed by atoms with Crippen LogP contribution in [-0.4, -0.2) is 45.5 Å². The van der Waals surface area contributed by atoms with E-state index in [0.717, 1.165) is 54.5 Å². The Labute approximate surface area is 176 Å². The molecule has 0 aliphatic carbocycles. The van der Waals surface area contributed by atoms with Gasteiger partial charge in [-0.2, -0.15) is 0 Å². The fourth-order valence-corrected chi connectivity index (χ4v) is 4.67. The van der Waals surface area contributed by atoms with E-state index in [0.29, 0.717) is 30.0 Å². The Bertz CT molecular complexity index is 1050. The highest BCUT2D eigenvalue weighted by Gasteiger charge is 2.34. The molecule has 156 valence electrons. The molecule has 3 aromatic rings. The Morgan fingerprint density at radius 3 is 2.63 bits per heavy atom. The molecule has 0 bridgehead atoms. The van der Waals surface area contributed by atoms with Crippen LogP contribution in [0.4, 0.5) is 11.6 Å². The molecule has 5 rings (SSSR count). The van der Waals surface area contributed by atoms with Crippen molar-refractivity contribution in [1.82, 2.24) is 19.9 Å². The molecule has 7 heteroatoms. The highest BCUT2D eigenvalue weighted by Crippen LogP contribution is 2.33. The van der Waals surface area contributed by atoms with Gasteiger partial charge in [0.25, 0.3) is 0 Å². The molecular formula is C23H28N6O. The Morgan fingerprint density at radius 1 is 1.10 bits per heavy atom. The molecule has 1 aromatic carbocycles. The summed E-state index contributed by atoms with van der Waals surface area (Å²) in [5, 5.41) is 0. The van der Waals surface area contributed by atoms with E-state index in [9.17, 15) is 4.79 Å². The zero-order valence-corrected chi connectivity index (χ0v) is 17.8. The Balaban J connectivity index is 1.30. The Morgan fingerprint density at radius 2 is 1.87 bits per heavy atom. The van der Waals surface area contributed by atoms with E-state index < -0.39 is 0 Å². The first-order chi connectivity index (χ1) is 14.5. The number of fused-ring (bicyclic) bond motifs is 1. The zero-order chi connectivity index (χ0) is 20.8. The van der Waals surface area contributed by atoms with Gasteiger partial charge < -0.3 is 9.88 Å². The summed E-state index contributed by atoms with van der Waals surface area (Å²) in [7, 11) is 0. The smallest absolute Gasteiger partial charge is 0.228 e. The third kappa shape index (κ3) is 3.53. The highest BCUT2D eigenvalue weighted by atomic mass is 16.2. The summed E-state index contributed by atoms with van der Waals surface area (Å²) in [6, 6.07) is 10.1. The third-order valence-electron chi connectivity index (χ3n) is 6.10. The number of nitrogens with one attached hydrogen (secondary N) is 1. The maximum Gasteiger partial charge on any atom is 0.228 e. The predicted octanol–water partition coefficient (Wildman–Crippen LogP) is 3.66. The second-order valence-corrected chi connectivity index (χ2v) is 9.08. The van der Waals surface area contributed by atoms with Gasteiger partial charge in [-0.05, 0) is 37.3 Å². The van der Waals surface area contributed by atoms with Crippen molar-refractivity contribution in [3.8, 4) is 0 Å². The number of hydrogen-bond donors (Lipinski definition) is 1. The Kier molecular flexibility index (Phi) is 4.68. The van der Waals surface area contributed by atoms with Crippen LogP contribution in [0.15, 0.2) is 30.3 Å². The van der Waals surface area contributed by atoms with E-state index in [4.69, 9.17) is 4.98 Å². The van der Waals surface area contributed by atoms with Gasteiger partial charge in [-0.3, -0.25) is 9.69 Å². The van der Waals surface area contributed by atoms with E-state index in [1.54, 1.807) is 0 Å². The summed E-state index contributed by atoms with van der Waals surface area (Å²) in [5.74, 6) is 4.92. The lowest BCUT2D eigenvalue weighted by molar-refractivity contribution is -0.117. The number of H-pyrrole nitrogens is 1. The Hall–Kier alpha value is -2.96. The molecule has 2 fully saturated rings. The summed E-state index contributed by atoms with van der Waals surface area (Å²) >= 11 is 0. The molecule has 1 amide bonds. The number of benzene rings is 1. The third-order valence-corrected chi connectivity index (χ3v) is 6.10. The van der Waals surface area contributed by atoms with Gasteiger partial charge in [0.15, 0.2) is 0 Å². The largest absolute Gasteiger partial charge is 0.355 e. The summed E-state index contributed by atoms with van der Waals surface area (Å²) < 4.78 is 0. The molecule has 4 heterocycles. The molecule has 30 heavy (non-hydrogen) atoms. The SMILES string of the molecule is Cc1nc(N2CC(c3nc4ccccc4[nH]3)C2)cc(N2CC(CC(C)C)CC2=O)n1. The van der Waals surface area contributed by atoms with E-state index in [1.807, 2.05) is 36.1 Å². The van der Waals surface area contributed by atoms with Crippen molar-refractivity contribution in [1.29, 1.82) is 0 Å². The second-order valence-electron chi connectivity index (χ2n) is 9.08. The van der Waals surface area contributed by atoms with E-state index in [2.05, 4.69) is 39.8 Å². The van der Waals surface area contributed by atoms with E-state index >= 15 is 0 Å². The first-order valence-corrected chi connectivity index (χ1v) is 10.8. The molecule has 1 N–H and O–H groups in total. The minimum Gasteiger partial charge on any atom is -0.355 e. The van der Waals surface area contributed by atoms with Gasteiger partial charge in [0, 0.05) is 32.1 Å². The lowest BCUT2D eigenvalue weighted by Crippen LogP contribution is -2.46. The normalized spacial score (nSPS) is 19.9. The number of aryl methyl sites for hydroxylation is 1. The number of amides is 1. The number of hydrogen-bond acceptors (Lipinski definition) is 5. The average molecular weight is 405 g/mol. The summed E-state index contributed by atoms with van der Waals surface area (Å²) in [5.41, 5.74) is 2.09. The zero-order valence-electron chi connectivity index (χ0n) is 17.8. The van der Waals surface area contributed by atoms with Gasteiger partial charge in [0.2, 0.25) is 5.91 Å². The number of carbonyl (C=O) groups excluding carboxylic acids is 1. The maximum atomic E-state index is 12.6. The van der Waals surface area contributed by atoms with E-state index in [-0.39, 0.29) is 5.91 Å². The number of aromatic nitrogens is 4. The lowest BCUT2D eigenvalue weighted by Gasteiger charge is -2.39.